The number of nitrogens with two attached hydrogens (primary N) is 1. The molecule has 0 saturated heterocycles. The number of benzene rings is 1. The van der Waals surface area contributed by atoms with Gasteiger partial charge in [-0.1, -0.05) is 24.4 Å². The predicted octanol–water partition coefficient (Wildman–Crippen LogP) is 5.01. The maximum atomic E-state index is 13.3. The van der Waals surface area contributed by atoms with E-state index < -0.39 is 10.0 Å². The summed E-state index contributed by atoms with van der Waals surface area (Å²) < 4.78 is 27.7. The number of carbonyl (C=O) groups is 1. The number of pyridine rings is 1. The lowest BCUT2D eigenvalue weighted by molar-refractivity contribution is 0.104. The third-order valence-electron chi connectivity index (χ3n) is 6.00. The topological polar surface area (TPSA) is 128 Å². The fraction of sp³-hybridized carbons (Fsp3) is 0.250. The van der Waals surface area contributed by atoms with E-state index in [1.807, 2.05) is 0 Å². The van der Waals surface area contributed by atoms with Crippen molar-refractivity contribution in [2.24, 2.45) is 0 Å². The molecule has 35 heavy (non-hydrogen) atoms. The lowest BCUT2D eigenvalue weighted by Gasteiger charge is -2.12. The number of carbonyl (C=O) groups excluding carboxylic acids is 1. The normalized spacial score (nSPS) is 14.2. The second kappa shape index (κ2) is 9.52. The zero-order valence-electron chi connectivity index (χ0n) is 18.6. The highest BCUT2D eigenvalue weighted by Gasteiger charge is 2.22. The summed E-state index contributed by atoms with van der Waals surface area (Å²) >= 11 is 6.97. The van der Waals surface area contributed by atoms with Crippen molar-refractivity contribution in [2.45, 2.75) is 43.4 Å². The molecule has 5 rings (SSSR count). The second-order valence-electron chi connectivity index (χ2n) is 8.41. The van der Waals surface area contributed by atoms with E-state index in [1.165, 1.54) is 66.1 Å². The number of halogens is 1. The number of nitrogen functional groups attached to an aromatic ring is 1. The molecule has 11 heteroatoms. The summed E-state index contributed by atoms with van der Waals surface area (Å²) in [4.78, 5) is 19.3. The zero-order valence-corrected chi connectivity index (χ0v) is 21.0. The van der Waals surface area contributed by atoms with Crippen LogP contribution in [0.2, 0.25) is 5.15 Å². The SMILES string of the molecule is Nc1c(C(=O)c2ccc(S(=O)(=O)Nc3ccc(Cl)nn3)cc2)sc2nc3c(cc12)CCCCCC3. The molecule has 0 saturated carbocycles. The van der Waals surface area contributed by atoms with Gasteiger partial charge in [0.05, 0.1) is 10.6 Å². The average molecular weight is 528 g/mol. The van der Waals surface area contributed by atoms with Crippen molar-refractivity contribution in [1.29, 1.82) is 0 Å². The third kappa shape index (κ3) is 4.86. The van der Waals surface area contributed by atoms with Gasteiger partial charge in [-0.25, -0.2) is 13.4 Å². The predicted molar refractivity (Wildman–Crippen MR) is 138 cm³/mol. The number of aromatic nitrogens is 3. The van der Waals surface area contributed by atoms with Crippen molar-refractivity contribution < 1.29 is 13.2 Å². The number of ketones is 1. The van der Waals surface area contributed by atoms with E-state index in [0.29, 0.717) is 16.1 Å². The standard InChI is InChI=1S/C24H22ClN5O3S2/c25-19-11-12-20(29-28-19)30-35(32,33)16-9-7-14(8-10-16)22(31)23-21(26)17-13-15-5-3-1-2-4-6-18(15)27-24(17)34-23/h7-13H,1-6,26H2,(H,29,30). The Morgan fingerprint density at radius 3 is 2.46 bits per heavy atom. The Kier molecular flexibility index (Phi) is 6.43. The van der Waals surface area contributed by atoms with Crippen LogP contribution in [0.1, 0.15) is 52.2 Å². The number of aryl methyl sites for hydroxylation is 2. The van der Waals surface area contributed by atoms with Crippen molar-refractivity contribution in [3.05, 3.63) is 69.3 Å². The lowest BCUT2D eigenvalue weighted by Crippen LogP contribution is -2.14. The highest BCUT2D eigenvalue weighted by molar-refractivity contribution is 7.92. The molecule has 3 N–H and O–H groups in total. The van der Waals surface area contributed by atoms with Gasteiger partial charge in [-0.05, 0) is 73.7 Å². The van der Waals surface area contributed by atoms with Crippen molar-refractivity contribution in [2.75, 3.05) is 10.5 Å². The Morgan fingerprint density at radius 1 is 1.00 bits per heavy atom. The molecule has 0 bridgehead atoms. The number of rotatable bonds is 5. The molecule has 1 aromatic carbocycles. The number of nitrogens with one attached hydrogen (secondary N) is 1. The lowest BCUT2D eigenvalue weighted by atomic mass is 9.96. The summed E-state index contributed by atoms with van der Waals surface area (Å²) in [6, 6.07) is 10.6. The second-order valence-corrected chi connectivity index (χ2v) is 11.5. The van der Waals surface area contributed by atoms with Crippen LogP contribution in [0.4, 0.5) is 11.5 Å². The Bertz CT molecular complexity index is 1520. The van der Waals surface area contributed by atoms with Crippen LogP contribution in [0, 0.1) is 0 Å². The Hall–Kier alpha value is -3.08. The first kappa shape index (κ1) is 23.7. The minimum atomic E-state index is -3.92. The molecule has 8 nitrogen and oxygen atoms in total. The van der Waals surface area contributed by atoms with E-state index in [0.717, 1.165) is 41.6 Å². The van der Waals surface area contributed by atoms with Crippen LogP contribution in [-0.4, -0.2) is 29.4 Å². The molecule has 0 unspecified atom stereocenters. The molecule has 0 fully saturated rings. The largest absolute Gasteiger partial charge is 0.397 e. The van der Waals surface area contributed by atoms with Crippen LogP contribution in [0.25, 0.3) is 10.2 Å². The summed E-state index contributed by atoms with van der Waals surface area (Å²) in [5, 5.41) is 8.28. The molecule has 0 radical (unpaired) electrons. The Labute approximate surface area is 211 Å². The fourth-order valence-electron chi connectivity index (χ4n) is 4.17. The first-order valence-electron chi connectivity index (χ1n) is 11.2. The molecule has 1 aliphatic carbocycles. The van der Waals surface area contributed by atoms with Crippen molar-refractivity contribution in [3.8, 4) is 0 Å². The minimum absolute atomic E-state index is 0.0171. The molecule has 3 aromatic heterocycles. The Balaban J connectivity index is 1.41. The molecule has 0 spiro atoms. The average Bonchev–Trinajstić information content (AvgIpc) is 3.15. The molecule has 0 aliphatic heterocycles. The van der Waals surface area contributed by atoms with Crippen LogP contribution in [0.15, 0.2) is 47.4 Å². The molecule has 4 aromatic rings. The van der Waals surface area contributed by atoms with E-state index in [2.05, 4.69) is 21.0 Å². The van der Waals surface area contributed by atoms with Crippen LogP contribution < -0.4 is 10.5 Å². The van der Waals surface area contributed by atoms with Gasteiger partial charge in [0.25, 0.3) is 10.0 Å². The summed E-state index contributed by atoms with van der Waals surface area (Å²) in [6.45, 7) is 0. The highest BCUT2D eigenvalue weighted by Crippen LogP contribution is 2.36. The van der Waals surface area contributed by atoms with Crippen LogP contribution >= 0.6 is 22.9 Å². The van der Waals surface area contributed by atoms with Gasteiger partial charge < -0.3 is 5.73 Å². The number of hydrogen-bond acceptors (Lipinski definition) is 8. The number of anilines is 2. The number of thiophene rings is 1. The highest BCUT2D eigenvalue weighted by atomic mass is 35.5. The van der Waals surface area contributed by atoms with Gasteiger partial charge in [0.2, 0.25) is 5.78 Å². The van der Waals surface area contributed by atoms with E-state index in [-0.39, 0.29) is 21.6 Å². The zero-order chi connectivity index (χ0) is 24.6. The first-order chi connectivity index (χ1) is 16.8. The first-order valence-corrected chi connectivity index (χ1v) is 13.9. The van der Waals surface area contributed by atoms with Crippen molar-refractivity contribution in [3.63, 3.8) is 0 Å². The summed E-state index contributed by atoms with van der Waals surface area (Å²) in [7, 11) is -3.92. The van der Waals surface area contributed by atoms with Gasteiger partial charge >= 0.3 is 0 Å². The molecule has 3 heterocycles. The molecule has 0 amide bonds. The van der Waals surface area contributed by atoms with E-state index in [9.17, 15) is 13.2 Å². The Morgan fingerprint density at radius 2 is 1.74 bits per heavy atom. The van der Waals surface area contributed by atoms with Gasteiger partial charge in [0.15, 0.2) is 11.0 Å². The molecular formula is C24H22ClN5O3S2. The van der Waals surface area contributed by atoms with E-state index in [4.69, 9.17) is 22.3 Å². The number of nitrogens with zero attached hydrogens (tertiary/aromatic N) is 3. The number of sulfonamides is 1. The van der Waals surface area contributed by atoms with E-state index in [1.54, 1.807) is 0 Å². The van der Waals surface area contributed by atoms with Gasteiger partial charge in [-0.3, -0.25) is 9.52 Å². The van der Waals surface area contributed by atoms with Crippen molar-refractivity contribution in [1.82, 2.24) is 15.2 Å². The van der Waals surface area contributed by atoms with Crippen LogP contribution in [0.5, 0.6) is 0 Å². The van der Waals surface area contributed by atoms with Crippen LogP contribution in [-0.2, 0) is 22.9 Å². The van der Waals surface area contributed by atoms with Gasteiger partial charge in [0, 0.05) is 16.6 Å². The van der Waals surface area contributed by atoms with Crippen molar-refractivity contribution >= 4 is 60.5 Å². The summed E-state index contributed by atoms with van der Waals surface area (Å²) in [5.74, 6) is -0.229. The quantitative estimate of drug-likeness (QED) is 0.349. The number of hydrogen-bond donors (Lipinski definition) is 2. The number of fused-ring (bicyclic) bond motifs is 2. The third-order valence-corrected chi connectivity index (χ3v) is 8.69. The summed E-state index contributed by atoms with van der Waals surface area (Å²) in [6.07, 6.45) is 6.59. The smallest absolute Gasteiger partial charge is 0.263 e. The maximum absolute atomic E-state index is 13.3. The van der Waals surface area contributed by atoms with Crippen LogP contribution in [0.3, 0.4) is 0 Å². The van der Waals surface area contributed by atoms with Gasteiger partial charge in [-0.2, -0.15) is 0 Å². The van der Waals surface area contributed by atoms with Gasteiger partial charge in [0.1, 0.15) is 9.71 Å². The maximum Gasteiger partial charge on any atom is 0.263 e. The van der Waals surface area contributed by atoms with E-state index >= 15 is 0 Å². The fourth-order valence-corrected chi connectivity index (χ4v) is 6.32. The molecule has 0 atom stereocenters. The monoisotopic (exact) mass is 527 g/mol. The molecule has 1 aliphatic rings. The minimum Gasteiger partial charge on any atom is -0.397 e. The van der Waals surface area contributed by atoms with Gasteiger partial charge in [-0.15, -0.1) is 21.5 Å². The molecular weight excluding hydrogens is 506 g/mol. The summed E-state index contributed by atoms with van der Waals surface area (Å²) in [5.41, 5.74) is 9.48. The molecule has 180 valence electrons.